The number of rotatable bonds is 6. The molecule has 24 heavy (non-hydrogen) atoms. The molecule has 1 fully saturated rings. The first kappa shape index (κ1) is 18.1. The summed E-state index contributed by atoms with van der Waals surface area (Å²) in [5, 5.41) is 11.4. The minimum atomic E-state index is -0.569. The van der Waals surface area contributed by atoms with Crippen LogP contribution in [-0.4, -0.2) is 46.6 Å². The Hall–Kier alpha value is -2.22. The molecule has 0 N–H and O–H groups in total. The van der Waals surface area contributed by atoms with Crippen LogP contribution >= 0.6 is 12.2 Å². The minimum absolute atomic E-state index is 0.00521. The van der Waals surface area contributed by atoms with Gasteiger partial charge in [0.25, 0.3) is 5.69 Å². The molecule has 0 aliphatic carbocycles. The SMILES string of the molecule is CCCCN1C(=S)N(c2ccc([N+](=O)[O-])cc2)[C@H](C(=O)OC)[C@@H]1C. The number of benzene rings is 1. The van der Waals surface area contributed by atoms with Crippen molar-refractivity contribution in [3.05, 3.63) is 34.4 Å². The van der Waals surface area contributed by atoms with Gasteiger partial charge in [0, 0.05) is 24.4 Å². The third-order valence-electron chi connectivity index (χ3n) is 4.21. The second-order valence-electron chi connectivity index (χ2n) is 5.68. The molecule has 1 heterocycles. The topological polar surface area (TPSA) is 75.9 Å². The van der Waals surface area contributed by atoms with Crippen molar-refractivity contribution >= 4 is 34.7 Å². The summed E-state index contributed by atoms with van der Waals surface area (Å²) in [6.45, 7) is 4.79. The van der Waals surface area contributed by atoms with Gasteiger partial charge in [-0.15, -0.1) is 0 Å². The average Bonchev–Trinajstić information content (AvgIpc) is 2.83. The molecule has 130 valence electrons. The molecule has 8 heteroatoms. The first-order valence-corrected chi connectivity index (χ1v) is 8.25. The van der Waals surface area contributed by atoms with Crippen LogP contribution in [0, 0.1) is 10.1 Å². The van der Waals surface area contributed by atoms with E-state index >= 15 is 0 Å². The van der Waals surface area contributed by atoms with Gasteiger partial charge in [-0.25, -0.2) is 4.79 Å². The van der Waals surface area contributed by atoms with Crippen LogP contribution in [-0.2, 0) is 9.53 Å². The van der Waals surface area contributed by atoms with Gasteiger partial charge >= 0.3 is 5.97 Å². The smallest absolute Gasteiger partial charge is 0.331 e. The highest BCUT2D eigenvalue weighted by Crippen LogP contribution is 2.31. The summed E-state index contributed by atoms with van der Waals surface area (Å²) >= 11 is 5.57. The van der Waals surface area contributed by atoms with Crippen LogP contribution in [0.15, 0.2) is 24.3 Å². The zero-order valence-electron chi connectivity index (χ0n) is 14.0. The van der Waals surface area contributed by atoms with Crippen molar-refractivity contribution in [1.82, 2.24) is 4.90 Å². The first-order valence-electron chi connectivity index (χ1n) is 7.84. The Kier molecular flexibility index (Phi) is 5.71. The lowest BCUT2D eigenvalue weighted by atomic mass is 10.1. The lowest BCUT2D eigenvalue weighted by Crippen LogP contribution is -2.43. The number of methoxy groups -OCH3 is 1. The van der Waals surface area contributed by atoms with Crippen molar-refractivity contribution in [2.24, 2.45) is 0 Å². The van der Waals surface area contributed by atoms with E-state index < -0.39 is 11.0 Å². The number of hydrogen-bond donors (Lipinski definition) is 0. The molecule has 1 aromatic carbocycles. The standard InChI is InChI=1S/C16H21N3O4S/c1-4-5-10-17-11(2)14(15(20)23-3)18(16(17)24)12-6-8-13(9-7-12)19(21)22/h6-9,11,14H,4-5,10H2,1-3H3/t11-,14-/m0/s1. The third-order valence-corrected chi connectivity index (χ3v) is 4.64. The van der Waals surface area contributed by atoms with Crippen molar-refractivity contribution in [3.8, 4) is 0 Å². The number of nitrogens with zero attached hydrogens (tertiary/aromatic N) is 3. The maximum Gasteiger partial charge on any atom is 0.331 e. The van der Waals surface area contributed by atoms with Gasteiger partial charge < -0.3 is 14.5 Å². The van der Waals surface area contributed by atoms with Crippen molar-refractivity contribution in [2.45, 2.75) is 38.8 Å². The number of carbonyl (C=O) groups excluding carboxylic acids is 1. The summed E-state index contributed by atoms with van der Waals surface area (Å²) in [6, 6.07) is 5.33. The molecule has 0 amide bonds. The fraction of sp³-hybridized carbons (Fsp3) is 0.500. The number of esters is 1. The average molecular weight is 351 g/mol. The molecule has 0 aromatic heterocycles. The number of carbonyl (C=O) groups is 1. The van der Waals surface area contributed by atoms with Gasteiger partial charge in [-0.05, 0) is 37.7 Å². The van der Waals surface area contributed by atoms with E-state index in [1.807, 2.05) is 11.8 Å². The van der Waals surface area contributed by atoms with Gasteiger partial charge in [-0.2, -0.15) is 0 Å². The Morgan fingerprint density at radius 2 is 2.00 bits per heavy atom. The molecule has 2 rings (SSSR count). The molecule has 2 atom stereocenters. The number of ether oxygens (including phenoxy) is 1. The first-order chi connectivity index (χ1) is 11.4. The van der Waals surface area contributed by atoms with Crippen LogP contribution < -0.4 is 4.90 Å². The number of nitro benzene ring substituents is 1. The minimum Gasteiger partial charge on any atom is -0.467 e. The summed E-state index contributed by atoms with van der Waals surface area (Å²) in [5.74, 6) is -0.373. The fourth-order valence-corrected chi connectivity index (χ4v) is 3.35. The summed E-state index contributed by atoms with van der Waals surface area (Å²) in [6.07, 6.45) is 1.98. The highest BCUT2D eigenvalue weighted by atomic mass is 32.1. The number of nitro groups is 1. The Bertz CT molecular complexity index is 635. The number of thiocarbonyl (C=S) groups is 1. The quantitative estimate of drug-likeness (QED) is 0.337. The van der Waals surface area contributed by atoms with Gasteiger partial charge in [0.05, 0.1) is 18.1 Å². The normalized spacial score (nSPS) is 20.4. The zero-order chi connectivity index (χ0) is 17.9. The Morgan fingerprint density at radius 3 is 2.50 bits per heavy atom. The molecular formula is C16H21N3O4S. The molecular weight excluding hydrogens is 330 g/mol. The number of anilines is 1. The van der Waals surface area contributed by atoms with E-state index in [4.69, 9.17) is 17.0 Å². The largest absolute Gasteiger partial charge is 0.467 e. The monoisotopic (exact) mass is 351 g/mol. The maximum atomic E-state index is 12.3. The highest BCUT2D eigenvalue weighted by molar-refractivity contribution is 7.80. The molecule has 0 unspecified atom stereocenters. The maximum absolute atomic E-state index is 12.3. The molecule has 0 saturated carbocycles. The van der Waals surface area contributed by atoms with E-state index in [2.05, 4.69) is 6.92 Å². The third kappa shape index (κ3) is 3.33. The van der Waals surface area contributed by atoms with Crippen LogP contribution in [0.5, 0.6) is 0 Å². The van der Waals surface area contributed by atoms with Gasteiger partial charge in [0.2, 0.25) is 0 Å². The second-order valence-corrected chi connectivity index (χ2v) is 6.05. The van der Waals surface area contributed by atoms with Crippen molar-refractivity contribution < 1.29 is 14.5 Å². The number of non-ortho nitro benzene ring substituents is 1. The summed E-state index contributed by atoms with van der Waals surface area (Å²) in [4.78, 5) is 26.4. The Balaban J connectivity index is 2.37. The van der Waals surface area contributed by atoms with E-state index in [1.54, 1.807) is 17.0 Å². The van der Waals surface area contributed by atoms with Crippen LogP contribution in [0.1, 0.15) is 26.7 Å². The van der Waals surface area contributed by atoms with Gasteiger partial charge in [0.1, 0.15) is 0 Å². The van der Waals surface area contributed by atoms with Gasteiger partial charge in [0.15, 0.2) is 11.2 Å². The van der Waals surface area contributed by atoms with Gasteiger partial charge in [-0.1, -0.05) is 13.3 Å². The molecule has 0 spiro atoms. The van der Waals surface area contributed by atoms with E-state index in [9.17, 15) is 14.9 Å². The summed E-state index contributed by atoms with van der Waals surface area (Å²) in [5.41, 5.74) is 0.640. The lowest BCUT2D eigenvalue weighted by molar-refractivity contribution is -0.384. The molecule has 1 aromatic rings. The summed E-state index contributed by atoms with van der Waals surface area (Å²) in [7, 11) is 1.35. The Labute approximate surface area is 146 Å². The predicted octanol–water partition coefficient (Wildman–Crippen LogP) is 2.73. The summed E-state index contributed by atoms with van der Waals surface area (Å²) < 4.78 is 4.94. The fourth-order valence-electron chi connectivity index (χ4n) is 2.87. The van der Waals surface area contributed by atoms with E-state index in [1.165, 1.54) is 19.2 Å². The van der Waals surface area contributed by atoms with E-state index in [-0.39, 0.29) is 17.7 Å². The molecule has 1 aliphatic heterocycles. The second kappa shape index (κ2) is 7.57. The van der Waals surface area contributed by atoms with E-state index in [0.717, 1.165) is 19.4 Å². The predicted molar refractivity (Wildman–Crippen MR) is 95.1 cm³/mol. The van der Waals surface area contributed by atoms with Crippen LogP contribution in [0.25, 0.3) is 0 Å². The van der Waals surface area contributed by atoms with Crippen molar-refractivity contribution in [3.63, 3.8) is 0 Å². The molecule has 0 radical (unpaired) electrons. The highest BCUT2D eigenvalue weighted by Gasteiger charge is 2.46. The van der Waals surface area contributed by atoms with Crippen LogP contribution in [0.4, 0.5) is 11.4 Å². The van der Waals surface area contributed by atoms with Crippen LogP contribution in [0.3, 0.4) is 0 Å². The molecule has 7 nitrogen and oxygen atoms in total. The zero-order valence-corrected chi connectivity index (χ0v) is 14.8. The number of hydrogen-bond acceptors (Lipinski definition) is 5. The van der Waals surface area contributed by atoms with Gasteiger partial charge in [-0.3, -0.25) is 10.1 Å². The van der Waals surface area contributed by atoms with Crippen LogP contribution in [0.2, 0.25) is 0 Å². The number of unbranched alkanes of at least 4 members (excludes halogenated alkanes) is 1. The van der Waals surface area contributed by atoms with Crippen molar-refractivity contribution in [2.75, 3.05) is 18.6 Å². The molecule has 0 bridgehead atoms. The molecule has 1 saturated heterocycles. The lowest BCUT2D eigenvalue weighted by Gasteiger charge is -2.24. The molecule has 1 aliphatic rings. The van der Waals surface area contributed by atoms with Crippen molar-refractivity contribution in [1.29, 1.82) is 0 Å². The van der Waals surface area contributed by atoms with E-state index in [0.29, 0.717) is 10.8 Å². The Morgan fingerprint density at radius 1 is 1.38 bits per heavy atom.